The number of carbonyl (C=O) groups excluding carboxylic acids is 2. The topological polar surface area (TPSA) is 123 Å². The Morgan fingerprint density at radius 3 is 2.42 bits per heavy atom. The monoisotopic (exact) mass is 511 g/mol. The Bertz CT molecular complexity index is 1430. The minimum absolute atomic E-state index is 0.0860. The predicted octanol–water partition coefficient (Wildman–Crippen LogP) is 5.67. The second-order valence-electron chi connectivity index (χ2n) is 8.37. The highest BCUT2D eigenvalue weighted by Crippen LogP contribution is 2.31. The molecule has 38 heavy (non-hydrogen) atoms. The van der Waals surface area contributed by atoms with Crippen molar-refractivity contribution in [3.8, 4) is 5.75 Å². The number of benzene rings is 4. The highest BCUT2D eigenvalue weighted by Gasteiger charge is 2.20. The number of nitrogens with one attached hydrogen (secondary N) is 2. The molecular weight excluding hydrogens is 482 g/mol. The SMILES string of the molecule is Nc1ccccc1NC(=O)/C=C/C[C@H](OC(=O)Nc1cccc2ccccc12)c1ccccc1OCCO. The number of fused-ring (bicyclic) bond motifs is 1. The van der Waals surface area contributed by atoms with Crippen molar-refractivity contribution in [2.45, 2.75) is 12.5 Å². The average molecular weight is 512 g/mol. The van der Waals surface area contributed by atoms with Gasteiger partial charge in [0.2, 0.25) is 5.91 Å². The minimum atomic E-state index is -0.772. The number of nitrogens with two attached hydrogens (primary N) is 1. The standard InChI is InChI=1S/C30H29N3O5/c31-24-13-4-5-14-26(24)32-29(35)18-8-17-28(23-12-3-6-16-27(23)37-20-19-34)38-30(36)33-25-15-7-10-21-9-1-2-11-22(21)25/h1-16,18,28,34H,17,19-20,31H2,(H,32,35)(H,33,36)/b18-8+/t28-/m0/s1. The van der Waals surface area contributed by atoms with Crippen LogP contribution in [-0.2, 0) is 9.53 Å². The molecule has 0 unspecified atom stereocenters. The maximum atomic E-state index is 13.0. The van der Waals surface area contributed by atoms with E-state index < -0.39 is 12.2 Å². The Kier molecular flexibility index (Phi) is 8.93. The van der Waals surface area contributed by atoms with Crippen molar-refractivity contribution in [3.05, 3.63) is 109 Å². The summed E-state index contributed by atoms with van der Waals surface area (Å²) in [4.78, 5) is 25.5. The Morgan fingerprint density at radius 1 is 0.868 bits per heavy atom. The van der Waals surface area contributed by atoms with Gasteiger partial charge in [-0.25, -0.2) is 4.79 Å². The van der Waals surface area contributed by atoms with Crippen LogP contribution in [0.5, 0.6) is 5.75 Å². The summed E-state index contributed by atoms with van der Waals surface area (Å²) in [5.41, 5.74) is 8.08. The molecule has 0 heterocycles. The summed E-state index contributed by atoms with van der Waals surface area (Å²) in [5, 5.41) is 16.6. The fraction of sp³-hybridized carbons (Fsp3) is 0.133. The van der Waals surface area contributed by atoms with E-state index in [1.807, 2.05) is 36.4 Å². The molecule has 0 aliphatic heterocycles. The van der Waals surface area contributed by atoms with Crippen LogP contribution < -0.4 is 21.1 Å². The van der Waals surface area contributed by atoms with E-state index in [0.29, 0.717) is 28.4 Å². The molecule has 0 aliphatic rings. The maximum Gasteiger partial charge on any atom is 0.412 e. The van der Waals surface area contributed by atoms with Crippen molar-refractivity contribution in [1.29, 1.82) is 0 Å². The van der Waals surface area contributed by atoms with Gasteiger partial charge in [0.15, 0.2) is 0 Å². The average Bonchev–Trinajstić information content (AvgIpc) is 2.93. The number of anilines is 3. The van der Waals surface area contributed by atoms with Crippen LogP contribution in [0.4, 0.5) is 21.9 Å². The van der Waals surface area contributed by atoms with Crippen LogP contribution in [0.15, 0.2) is 103 Å². The number of carbonyl (C=O) groups is 2. The van der Waals surface area contributed by atoms with Crippen LogP contribution in [-0.4, -0.2) is 30.3 Å². The van der Waals surface area contributed by atoms with E-state index >= 15 is 0 Å². The molecule has 8 nitrogen and oxygen atoms in total. The molecule has 2 amide bonds. The molecule has 0 saturated heterocycles. The van der Waals surface area contributed by atoms with Crippen molar-refractivity contribution < 1.29 is 24.2 Å². The fourth-order valence-electron chi connectivity index (χ4n) is 3.96. The van der Waals surface area contributed by atoms with Gasteiger partial charge in [0.05, 0.1) is 23.7 Å². The van der Waals surface area contributed by atoms with E-state index in [1.165, 1.54) is 6.08 Å². The van der Waals surface area contributed by atoms with Crippen LogP contribution in [0.3, 0.4) is 0 Å². The lowest BCUT2D eigenvalue weighted by Crippen LogP contribution is -2.18. The molecule has 0 fully saturated rings. The van der Waals surface area contributed by atoms with Gasteiger partial charge >= 0.3 is 6.09 Å². The van der Waals surface area contributed by atoms with Crippen molar-refractivity contribution in [1.82, 2.24) is 0 Å². The van der Waals surface area contributed by atoms with Crippen molar-refractivity contribution in [2.75, 3.05) is 29.6 Å². The van der Waals surface area contributed by atoms with Gasteiger partial charge < -0.3 is 25.6 Å². The molecule has 5 N–H and O–H groups in total. The number of nitrogen functional groups attached to an aromatic ring is 1. The van der Waals surface area contributed by atoms with Gasteiger partial charge in [-0.2, -0.15) is 0 Å². The molecule has 0 radical (unpaired) electrons. The fourth-order valence-corrected chi connectivity index (χ4v) is 3.96. The van der Waals surface area contributed by atoms with E-state index in [4.69, 9.17) is 15.2 Å². The van der Waals surface area contributed by atoms with E-state index in [1.54, 1.807) is 60.7 Å². The molecule has 0 aliphatic carbocycles. The lowest BCUT2D eigenvalue weighted by atomic mass is 10.0. The zero-order valence-corrected chi connectivity index (χ0v) is 20.7. The number of hydrogen-bond donors (Lipinski definition) is 4. The Morgan fingerprint density at radius 2 is 1.58 bits per heavy atom. The Labute approximate surface area is 220 Å². The second-order valence-corrected chi connectivity index (χ2v) is 8.37. The summed E-state index contributed by atoms with van der Waals surface area (Å²) in [6.45, 7) is -0.0766. The minimum Gasteiger partial charge on any atom is -0.491 e. The first-order valence-electron chi connectivity index (χ1n) is 12.1. The normalized spacial score (nSPS) is 11.7. The molecule has 0 bridgehead atoms. The molecule has 0 spiro atoms. The first-order valence-corrected chi connectivity index (χ1v) is 12.1. The van der Waals surface area contributed by atoms with E-state index in [2.05, 4.69) is 10.6 Å². The molecule has 0 saturated carbocycles. The van der Waals surface area contributed by atoms with Crippen molar-refractivity contribution in [2.24, 2.45) is 0 Å². The first kappa shape index (κ1) is 26.2. The Hall–Kier alpha value is -4.82. The van der Waals surface area contributed by atoms with Crippen LogP contribution in [0.1, 0.15) is 18.1 Å². The number of amides is 2. The quantitative estimate of drug-likeness (QED) is 0.161. The van der Waals surface area contributed by atoms with Crippen LogP contribution in [0.2, 0.25) is 0 Å². The molecule has 194 valence electrons. The summed E-state index contributed by atoms with van der Waals surface area (Å²) in [5.74, 6) is 0.103. The van der Waals surface area contributed by atoms with Gasteiger partial charge in [0.25, 0.3) is 0 Å². The van der Waals surface area contributed by atoms with Crippen molar-refractivity contribution >= 4 is 39.8 Å². The zero-order valence-electron chi connectivity index (χ0n) is 20.7. The van der Waals surface area contributed by atoms with E-state index in [0.717, 1.165) is 10.8 Å². The lowest BCUT2D eigenvalue weighted by molar-refractivity contribution is -0.111. The second kappa shape index (κ2) is 12.9. The number of para-hydroxylation sites is 3. The summed E-state index contributed by atoms with van der Waals surface area (Å²) in [7, 11) is 0. The molecule has 8 heteroatoms. The third-order valence-electron chi connectivity index (χ3n) is 5.73. The van der Waals surface area contributed by atoms with Crippen LogP contribution in [0, 0.1) is 0 Å². The molecule has 4 aromatic rings. The summed E-state index contributed by atoms with van der Waals surface area (Å²) in [6, 6.07) is 27.4. The Balaban J connectivity index is 1.52. The highest BCUT2D eigenvalue weighted by molar-refractivity contribution is 6.01. The van der Waals surface area contributed by atoms with Gasteiger partial charge in [-0.05, 0) is 35.7 Å². The summed E-state index contributed by atoms with van der Waals surface area (Å²) >= 11 is 0. The number of hydrogen-bond acceptors (Lipinski definition) is 6. The molecular formula is C30H29N3O5. The van der Waals surface area contributed by atoms with Gasteiger partial charge in [-0.15, -0.1) is 0 Å². The summed E-state index contributed by atoms with van der Waals surface area (Å²) in [6.07, 6.45) is 1.75. The largest absolute Gasteiger partial charge is 0.491 e. The lowest BCUT2D eigenvalue weighted by Gasteiger charge is -2.20. The number of ether oxygens (including phenoxy) is 2. The maximum absolute atomic E-state index is 13.0. The molecule has 0 aromatic heterocycles. The molecule has 1 atom stereocenters. The van der Waals surface area contributed by atoms with Gasteiger partial charge in [0.1, 0.15) is 18.5 Å². The predicted molar refractivity (Wildman–Crippen MR) is 149 cm³/mol. The zero-order chi connectivity index (χ0) is 26.7. The highest BCUT2D eigenvalue weighted by atomic mass is 16.6. The van der Waals surface area contributed by atoms with E-state index in [-0.39, 0.29) is 25.5 Å². The molecule has 4 aromatic carbocycles. The van der Waals surface area contributed by atoms with Gasteiger partial charge in [0, 0.05) is 17.4 Å². The van der Waals surface area contributed by atoms with Gasteiger partial charge in [-0.3, -0.25) is 10.1 Å². The smallest absolute Gasteiger partial charge is 0.412 e. The van der Waals surface area contributed by atoms with Gasteiger partial charge in [-0.1, -0.05) is 72.8 Å². The number of aliphatic hydroxyl groups excluding tert-OH is 1. The molecule has 4 rings (SSSR count). The van der Waals surface area contributed by atoms with E-state index in [9.17, 15) is 14.7 Å². The number of rotatable bonds is 10. The third-order valence-corrected chi connectivity index (χ3v) is 5.73. The number of aliphatic hydroxyl groups is 1. The third kappa shape index (κ3) is 6.89. The first-order chi connectivity index (χ1) is 18.5. The van der Waals surface area contributed by atoms with Crippen LogP contribution >= 0.6 is 0 Å². The van der Waals surface area contributed by atoms with Crippen LogP contribution in [0.25, 0.3) is 10.8 Å². The van der Waals surface area contributed by atoms with Crippen molar-refractivity contribution in [3.63, 3.8) is 0 Å². The summed E-state index contributed by atoms with van der Waals surface area (Å²) < 4.78 is 11.5.